The predicted octanol–water partition coefficient (Wildman–Crippen LogP) is 2.49. The fourth-order valence-corrected chi connectivity index (χ4v) is 1.50. The molecule has 0 fully saturated rings. The Morgan fingerprint density at radius 1 is 1.14 bits per heavy atom. The molecule has 0 aliphatic carbocycles. The van der Waals surface area contributed by atoms with Gasteiger partial charge in [0, 0.05) is 19.2 Å². The lowest BCUT2D eigenvalue weighted by molar-refractivity contribution is 0.659. The first-order chi connectivity index (χ1) is 6.88. The second-order valence-corrected chi connectivity index (χ2v) is 3.37. The van der Waals surface area contributed by atoms with Crippen molar-refractivity contribution in [2.24, 2.45) is 0 Å². The van der Waals surface area contributed by atoms with E-state index in [4.69, 9.17) is 0 Å². The summed E-state index contributed by atoms with van der Waals surface area (Å²) >= 11 is 0. The Kier molecular flexibility index (Phi) is 2.63. The maximum atomic E-state index is 4.25. The Hall–Kier alpha value is -1.57. The minimum atomic E-state index is 0.939. The van der Waals surface area contributed by atoms with E-state index in [0.717, 1.165) is 13.0 Å². The quantitative estimate of drug-likeness (QED) is 0.720. The van der Waals surface area contributed by atoms with Gasteiger partial charge in [-0.25, -0.2) is 0 Å². The molecule has 0 bridgehead atoms. The summed E-state index contributed by atoms with van der Waals surface area (Å²) < 4.78 is 1.96. The van der Waals surface area contributed by atoms with Crippen molar-refractivity contribution in [1.29, 1.82) is 0 Å². The second kappa shape index (κ2) is 4.09. The molecule has 2 aromatic rings. The molecule has 1 heterocycles. The molecule has 0 radical (unpaired) electrons. The molecule has 72 valence electrons. The van der Waals surface area contributed by atoms with Gasteiger partial charge in [0.1, 0.15) is 0 Å². The summed E-state index contributed by atoms with van der Waals surface area (Å²) in [6.07, 6.45) is 5.02. The highest BCUT2D eigenvalue weighted by atomic mass is 15.3. The van der Waals surface area contributed by atoms with E-state index in [2.05, 4.69) is 42.5 Å². The molecular formula is C12H14N2. The summed E-state index contributed by atoms with van der Waals surface area (Å²) in [5.41, 5.74) is 2.61. The lowest BCUT2D eigenvalue weighted by Crippen LogP contribution is -1.92. The lowest BCUT2D eigenvalue weighted by atomic mass is 10.1. The molecule has 1 aromatic carbocycles. The SMILES string of the molecule is CCn1cc(Cc2ccccc2)cn1. The molecule has 2 heteroatoms. The van der Waals surface area contributed by atoms with Gasteiger partial charge in [-0.2, -0.15) is 5.10 Å². The minimum absolute atomic E-state index is 0.939. The number of rotatable bonds is 3. The van der Waals surface area contributed by atoms with Crippen LogP contribution >= 0.6 is 0 Å². The zero-order chi connectivity index (χ0) is 9.80. The third-order valence-corrected chi connectivity index (χ3v) is 2.26. The second-order valence-electron chi connectivity index (χ2n) is 3.37. The van der Waals surface area contributed by atoms with Gasteiger partial charge in [-0.15, -0.1) is 0 Å². The van der Waals surface area contributed by atoms with E-state index in [1.807, 2.05) is 16.9 Å². The molecule has 0 aliphatic heterocycles. The van der Waals surface area contributed by atoms with Crippen LogP contribution in [0, 0.1) is 0 Å². The fourth-order valence-electron chi connectivity index (χ4n) is 1.50. The molecule has 0 spiro atoms. The third kappa shape index (κ3) is 2.02. The van der Waals surface area contributed by atoms with Crippen LogP contribution in [0.2, 0.25) is 0 Å². The number of nitrogens with zero attached hydrogens (tertiary/aromatic N) is 2. The smallest absolute Gasteiger partial charge is 0.0525 e. The normalized spacial score (nSPS) is 10.4. The van der Waals surface area contributed by atoms with Crippen LogP contribution in [0.4, 0.5) is 0 Å². The third-order valence-electron chi connectivity index (χ3n) is 2.26. The average Bonchev–Trinajstić information content (AvgIpc) is 2.67. The number of hydrogen-bond acceptors (Lipinski definition) is 1. The highest BCUT2D eigenvalue weighted by molar-refractivity contribution is 5.22. The molecule has 0 atom stereocenters. The molecule has 0 saturated heterocycles. The summed E-state index contributed by atoms with van der Waals surface area (Å²) in [6.45, 7) is 3.04. The van der Waals surface area contributed by atoms with E-state index in [9.17, 15) is 0 Å². The van der Waals surface area contributed by atoms with Gasteiger partial charge in [0.2, 0.25) is 0 Å². The van der Waals surface area contributed by atoms with Crippen molar-refractivity contribution in [3.8, 4) is 0 Å². The van der Waals surface area contributed by atoms with Gasteiger partial charge in [0.05, 0.1) is 6.20 Å². The molecule has 2 nitrogen and oxygen atoms in total. The number of benzene rings is 1. The summed E-state index contributed by atoms with van der Waals surface area (Å²) in [7, 11) is 0. The van der Waals surface area contributed by atoms with Gasteiger partial charge in [-0.05, 0) is 18.1 Å². The van der Waals surface area contributed by atoms with Gasteiger partial charge < -0.3 is 0 Å². The van der Waals surface area contributed by atoms with Crippen LogP contribution in [0.5, 0.6) is 0 Å². The summed E-state index contributed by atoms with van der Waals surface area (Å²) in [6, 6.07) is 10.5. The van der Waals surface area contributed by atoms with Crippen LogP contribution < -0.4 is 0 Å². The summed E-state index contributed by atoms with van der Waals surface area (Å²) in [5, 5.41) is 4.25. The number of aryl methyl sites for hydroxylation is 1. The first-order valence-electron chi connectivity index (χ1n) is 4.93. The fraction of sp³-hybridized carbons (Fsp3) is 0.250. The van der Waals surface area contributed by atoms with Crippen molar-refractivity contribution in [2.45, 2.75) is 19.9 Å². The van der Waals surface area contributed by atoms with Crippen LogP contribution in [0.25, 0.3) is 0 Å². The maximum Gasteiger partial charge on any atom is 0.0525 e. The van der Waals surface area contributed by atoms with Crippen molar-refractivity contribution >= 4 is 0 Å². The van der Waals surface area contributed by atoms with Gasteiger partial charge in [0.15, 0.2) is 0 Å². The van der Waals surface area contributed by atoms with Crippen molar-refractivity contribution in [3.63, 3.8) is 0 Å². The Morgan fingerprint density at radius 3 is 2.57 bits per heavy atom. The highest BCUT2D eigenvalue weighted by Gasteiger charge is 1.98. The molecule has 0 saturated carbocycles. The average molecular weight is 186 g/mol. The van der Waals surface area contributed by atoms with E-state index in [1.54, 1.807) is 0 Å². The Labute approximate surface area is 84.2 Å². The minimum Gasteiger partial charge on any atom is -0.273 e. The lowest BCUT2D eigenvalue weighted by Gasteiger charge is -1.96. The maximum absolute atomic E-state index is 4.25. The Bertz CT molecular complexity index is 390. The van der Waals surface area contributed by atoms with Crippen LogP contribution in [-0.2, 0) is 13.0 Å². The molecule has 0 unspecified atom stereocenters. The van der Waals surface area contributed by atoms with E-state index in [1.165, 1.54) is 11.1 Å². The van der Waals surface area contributed by atoms with Crippen LogP contribution in [0.1, 0.15) is 18.1 Å². The van der Waals surface area contributed by atoms with Gasteiger partial charge in [-0.1, -0.05) is 30.3 Å². The molecule has 14 heavy (non-hydrogen) atoms. The van der Waals surface area contributed by atoms with Crippen molar-refractivity contribution in [1.82, 2.24) is 9.78 Å². The Morgan fingerprint density at radius 2 is 1.93 bits per heavy atom. The first-order valence-corrected chi connectivity index (χ1v) is 4.93. The van der Waals surface area contributed by atoms with Crippen molar-refractivity contribution < 1.29 is 0 Å². The molecule has 2 rings (SSSR count). The van der Waals surface area contributed by atoms with Gasteiger partial charge in [-0.3, -0.25) is 4.68 Å². The summed E-state index contributed by atoms with van der Waals surface area (Å²) in [4.78, 5) is 0. The van der Waals surface area contributed by atoms with Gasteiger partial charge >= 0.3 is 0 Å². The zero-order valence-electron chi connectivity index (χ0n) is 8.35. The largest absolute Gasteiger partial charge is 0.273 e. The highest BCUT2D eigenvalue weighted by Crippen LogP contribution is 2.07. The Balaban J connectivity index is 2.11. The molecular weight excluding hydrogens is 172 g/mol. The molecule has 1 aromatic heterocycles. The molecule has 0 N–H and O–H groups in total. The van der Waals surface area contributed by atoms with Crippen LogP contribution in [-0.4, -0.2) is 9.78 Å². The molecule has 0 amide bonds. The van der Waals surface area contributed by atoms with E-state index < -0.39 is 0 Å². The first kappa shape index (κ1) is 9.00. The molecule has 0 aliphatic rings. The zero-order valence-corrected chi connectivity index (χ0v) is 8.35. The predicted molar refractivity (Wildman–Crippen MR) is 57.1 cm³/mol. The van der Waals surface area contributed by atoms with Gasteiger partial charge in [0.25, 0.3) is 0 Å². The number of hydrogen-bond donors (Lipinski definition) is 0. The topological polar surface area (TPSA) is 17.8 Å². The van der Waals surface area contributed by atoms with E-state index in [-0.39, 0.29) is 0 Å². The van der Waals surface area contributed by atoms with E-state index >= 15 is 0 Å². The standard InChI is InChI=1S/C12H14N2/c1-2-14-10-12(9-13-14)8-11-6-4-3-5-7-11/h3-7,9-10H,2,8H2,1H3. The van der Waals surface area contributed by atoms with Crippen LogP contribution in [0.3, 0.4) is 0 Å². The monoisotopic (exact) mass is 186 g/mol. The van der Waals surface area contributed by atoms with Crippen molar-refractivity contribution in [3.05, 3.63) is 53.9 Å². The van der Waals surface area contributed by atoms with Crippen molar-refractivity contribution in [2.75, 3.05) is 0 Å². The van der Waals surface area contributed by atoms with E-state index in [0.29, 0.717) is 0 Å². The van der Waals surface area contributed by atoms with Crippen LogP contribution in [0.15, 0.2) is 42.7 Å². The number of aromatic nitrogens is 2. The summed E-state index contributed by atoms with van der Waals surface area (Å²) in [5.74, 6) is 0.